The van der Waals surface area contributed by atoms with Crippen LogP contribution in [-0.2, 0) is 9.59 Å². The first-order chi connectivity index (χ1) is 3.13. The molecule has 0 aromatic carbocycles. The molecular weight excluding hydrogens is 232 g/mol. The van der Waals surface area contributed by atoms with Crippen molar-refractivity contribution in [2.24, 2.45) is 0 Å². The summed E-state index contributed by atoms with van der Waals surface area (Å²) in [6.45, 7) is 2.94. The van der Waals surface area contributed by atoms with E-state index in [4.69, 9.17) is 0 Å². The van der Waals surface area contributed by atoms with Crippen molar-refractivity contribution in [2.45, 2.75) is 13.8 Å². The van der Waals surface area contributed by atoms with Gasteiger partial charge in [-0.3, -0.25) is 0 Å². The standard InChI is InChI=1S/2C2H3O.Eu/c2*1-2-3;/h2*1H3;. The van der Waals surface area contributed by atoms with Gasteiger partial charge in [0.2, 0.25) is 0 Å². The van der Waals surface area contributed by atoms with Crippen molar-refractivity contribution in [2.75, 3.05) is 0 Å². The van der Waals surface area contributed by atoms with Crippen LogP contribution in [0.4, 0.5) is 0 Å². The molecule has 0 aliphatic rings. The number of hydrogen-bond acceptors (Lipinski definition) is 2. The summed E-state index contributed by atoms with van der Waals surface area (Å²) >= 11 is -1.10. The molecule has 0 atom stereocenters. The van der Waals surface area contributed by atoms with Crippen molar-refractivity contribution in [1.29, 1.82) is 0 Å². The third-order valence-corrected chi connectivity index (χ3v) is 1.97. The molecule has 0 N–H and O–H groups in total. The zero-order valence-electron chi connectivity index (χ0n) is 4.19. The summed E-state index contributed by atoms with van der Waals surface area (Å²) in [6.07, 6.45) is 0. The van der Waals surface area contributed by atoms with Gasteiger partial charge in [-0.1, -0.05) is 0 Å². The minimum absolute atomic E-state index is 0.0903. The van der Waals surface area contributed by atoms with Gasteiger partial charge >= 0.3 is 68.4 Å². The van der Waals surface area contributed by atoms with Crippen molar-refractivity contribution in [3.05, 3.63) is 0 Å². The van der Waals surface area contributed by atoms with Gasteiger partial charge in [-0.15, -0.1) is 0 Å². The molecule has 0 bridgehead atoms. The molecular formula is C4H6EuO2. The second-order valence-corrected chi connectivity index (χ2v) is 5.06. The minimum atomic E-state index is -1.10. The van der Waals surface area contributed by atoms with Crippen LogP contribution in [0.5, 0.6) is 0 Å². The molecule has 0 aliphatic heterocycles. The molecule has 0 aromatic heterocycles. The van der Waals surface area contributed by atoms with Gasteiger partial charge in [0.15, 0.2) is 0 Å². The van der Waals surface area contributed by atoms with Gasteiger partial charge in [0.1, 0.15) is 0 Å². The van der Waals surface area contributed by atoms with Gasteiger partial charge in [0.25, 0.3) is 0 Å². The third-order valence-electron chi connectivity index (χ3n) is 0.266. The van der Waals surface area contributed by atoms with Crippen molar-refractivity contribution >= 4 is 0.355 Å². The van der Waals surface area contributed by atoms with Crippen LogP contribution in [0.25, 0.3) is 0 Å². The number of hydrogen-bond donors (Lipinski definition) is 0. The first kappa shape index (κ1) is 7.92. The Balaban J connectivity index is 3.32. The molecule has 0 fully saturated rings. The summed E-state index contributed by atoms with van der Waals surface area (Å²) in [5.74, 6) is 0. The molecule has 41 valence electrons. The summed E-state index contributed by atoms with van der Waals surface area (Å²) < 4.78 is 0.181. The maximum atomic E-state index is 10.1. The van der Waals surface area contributed by atoms with E-state index in [-0.39, 0.29) is 0.355 Å². The molecule has 7 heavy (non-hydrogen) atoms. The average molecular weight is 238 g/mol. The topological polar surface area (TPSA) is 34.1 Å². The summed E-state index contributed by atoms with van der Waals surface area (Å²) in [4.78, 5) is 20.2. The first-order valence-corrected chi connectivity index (χ1v) is 4.21. The Hall–Kier alpha value is 0.924. The predicted octanol–water partition coefficient (Wildman–Crippen LogP) is 0.164. The molecule has 0 spiro atoms. The molecule has 0 saturated carbocycles. The fraction of sp³-hybridized carbons (Fsp3) is 0.500. The van der Waals surface area contributed by atoms with E-state index in [0.717, 1.165) is 0 Å². The van der Waals surface area contributed by atoms with E-state index in [1.807, 2.05) is 0 Å². The number of carbonyl (C=O) groups excluding carboxylic acids is 2. The van der Waals surface area contributed by atoms with Crippen molar-refractivity contribution in [3.63, 3.8) is 0 Å². The molecule has 0 unspecified atom stereocenters. The van der Waals surface area contributed by atoms with E-state index < -0.39 is 44.6 Å². The van der Waals surface area contributed by atoms with Crippen LogP contribution in [0.2, 0.25) is 0 Å². The molecule has 3 heteroatoms. The van der Waals surface area contributed by atoms with E-state index in [9.17, 15) is 9.59 Å². The van der Waals surface area contributed by atoms with Crippen LogP contribution in [0.15, 0.2) is 0 Å². The van der Waals surface area contributed by atoms with Crippen molar-refractivity contribution < 1.29 is 54.2 Å². The Kier molecular flexibility index (Phi) is 4.38. The summed E-state index contributed by atoms with van der Waals surface area (Å²) in [5.41, 5.74) is 0. The van der Waals surface area contributed by atoms with E-state index in [1.165, 1.54) is 13.8 Å². The van der Waals surface area contributed by atoms with Gasteiger partial charge in [-0.05, 0) is 0 Å². The molecule has 0 radical (unpaired) electrons. The third kappa shape index (κ3) is 6.92. The molecule has 2 nitrogen and oxygen atoms in total. The van der Waals surface area contributed by atoms with Crippen LogP contribution in [0.1, 0.15) is 13.8 Å². The van der Waals surface area contributed by atoms with Crippen LogP contribution >= 0.6 is 0 Å². The Labute approximate surface area is 67.3 Å². The predicted molar refractivity (Wildman–Crippen MR) is 21.4 cm³/mol. The van der Waals surface area contributed by atoms with Gasteiger partial charge < -0.3 is 0 Å². The van der Waals surface area contributed by atoms with Gasteiger partial charge in [0, 0.05) is 0 Å². The van der Waals surface area contributed by atoms with Crippen LogP contribution in [-0.4, -0.2) is 0.355 Å². The molecule has 0 amide bonds. The van der Waals surface area contributed by atoms with Crippen LogP contribution in [0.3, 0.4) is 0 Å². The normalized spacial score (nSPS) is 8.29. The second kappa shape index (κ2) is 3.87. The first-order valence-electron chi connectivity index (χ1n) is 1.79. The molecule has 0 heterocycles. The zero-order chi connectivity index (χ0) is 5.86. The SMILES string of the molecule is C[C](=O)[Eu][C](C)=O. The number of carbonyl (C=O) groups is 2. The van der Waals surface area contributed by atoms with Gasteiger partial charge in [-0.25, -0.2) is 0 Å². The van der Waals surface area contributed by atoms with Crippen molar-refractivity contribution in [3.8, 4) is 0 Å². The van der Waals surface area contributed by atoms with E-state index in [1.54, 1.807) is 0 Å². The Morgan fingerprint density at radius 2 is 1.43 bits per heavy atom. The quantitative estimate of drug-likeness (QED) is 0.686. The van der Waals surface area contributed by atoms with Crippen molar-refractivity contribution in [1.82, 2.24) is 0 Å². The zero-order valence-corrected chi connectivity index (χ0v) is 6.62. The van der Waals surface area contributed by atoms with E-state index in [2.05, 4.69) is 0 Å². The van der Waals surface area contributed by atoms with E-state index in [0.29, 0.717) is 0 Å². The van der Waals surface area contributed by atoms with Gasteiger partial charge in [0.05, 0.1) is 0 Å². The van der Waals surface area contributed by atoms with Crippen LogP contribution in [0, 0.1) is 44.6 Å². The molecule has 0 aliphatic carbocycles. The van der Waals surface area contributed by atoms with Crippen LogP contribution < -0.4 is 0 Å². The fourth-order valence-corrected chi connectivity index (χ4v) is 1.39. The summed E-state index contributed by atoms with van der Waals surface area (Å²) in [7, 11) is 0. The maximum absolute atomic E-state index is 10.1. The second-order valence-electron chi connectivity index (χ2n) is 1.04. The molecule has 0 aromatic rings. The number of rotatable bonds is 2. The van der Waals surface area contributed by atoms with E-state index >= 15 is 0 Å². The molecule has 0 saturated heterocycles. The summed E-state index contributed by atoms with van der Waals surface area (Å²) in [6, 6.07) is 0. The Bertz CT molecular complexity index is 85.9. The monoisotopic (exact) mass is 239 g/mol. The molecule has 0 rings (SSSR count). The Morgan fingerprint density at radius 3 is 1.43 bits per heavy atom. The Morgan fingerprint density at radius 1 is 1.14 bits per heavy atom. The van der Waals surface area contributed by atoms with Gasteiger partial charge in [-0.2, -0.15) is 0 Å². The summed E-state index contributed by atoms with van der Waals surface area (Å²) in [5, 5.41) is 0. The average Bonchev–Trinajstić information content (AvgIpc) is 1.27. The fourth-order valence-electron chi connectivity index (χ4n) is 0.187.